The maximum Gasteiger partial charge on any atom is 0.265 e. The number of carbonyl (C=O) groups excluding carboxylic acids is 2. The van der Waals surface area contributed by atoms with Crippen molar-refractivity contribution in [2.24, 2.45) is 0 Å². The zero-order valence-electron chi connectivity index (χ0n) is 20.1. The summed E-state index contributed by atoms with van der Waals surface area (Å²) in [5, 5.41) is 3.13. The van der Waals surface area contributed by atoms with Crippen LogP contribution in [-0.4, -0.2) is 58.3 Å². The normalized spacial score (nSPS) is 19.8. The third-order valence-electron chi connectivity index (χ3n) is 7.75. The van der Waals surface area contributed by atoms with Gasteiger partial charge in [0.1, 0.15) is 16.4 Å². The van der Waals surface area contributed by atoms with E-state index in [-0.39, 0.29) is 40.5 Å². The highest BCUT2D eigenvalue weighted by Crippen LogP contribution is 2.52. The van der Waals surface area contributed by atoms with Crippen molar-refractivity contribution in [1.29, 1.82) is 0 Å². The largest absolute Gasteiger partial charge is 0.495 e. The molecule has 2 N–H and O–H groups in total. The average Bonchev–Trinajstić information content (AvgIpc) is 3.11. The Labute approximate surface area is 206 Å². The van der Waals surface area contributed by atoms with Gasteiger partial charge < -0.3 is 15.0 Å². The molecule has 0 atom stereocenters. The topological polar surface area (TPSA) is 105 Å². The summed E-state index contributed by atoms with van der Waals surface area (Å²) in [5.41, 5.74) is 1.60. The molecule has 1 spiro atoms. The quantitative estimate of drug-likeness (QED) is 0.636. The van der Waals surface area contributed by atoms with Crippen molar-refractivity contribution in [3.05, 3.63) is 53.1 Å². The number of ketones is 1. The van der Waals surface area contributed by atoms with E-state index in [9.17, 15) is 18.0 Å². The molecule has 2 aromatic rings. The van der Waals surface area contributed by atoms with E-state index in [1.165, 1.54) is 13.2 Å². The van der Waals surface area contributed by atoms with E-state index in [0.29, 0.717) is 5.56 Å². The number of anilines is 1. The number of piperidine rings is 1. The Bertz CT molecular complexity index is 1280. The number of ether oxygens (including phenoxy) is 1. The first-order valence-electron chi connectivity index (χ1n) is 12.1. The van der Waals surface area contributed by atoms with E-state index < -0.39 is 15.4 Å². The van der Waals surface area contributed by atoms with Crippen LogP contribution in [0.5, 0.6) is 5.75 Å². The lowest BCUT2D eigenvalue weighted by molar-refractivity contribution is -0.125. The molecule has 1 saturated carbocycles. The predicted molar refractivity (Wildman–Crippen MR) is 132 cm³/mol. The second-order valence-electron chi connectivity index (χ2n) is 9.89. The van der Waals surface area contributed by atoms with E-state index in [1.807, 2.05) is 0 Å². The number of methoxy groups -OCH3 is 1. The molecule has 0 unspecified atom stereocenters. The number of hydrogen-bond acceptors (Lipinski definition) is 6. The average molecular weight is 498 g/mol. The first-order chi connectivity index (χ1) is 16.7. The van der Waals surface area contributed by atoms with Crippen LogP contribution < -0.4 is 14.8 Å². The number of Topliss-reactive ketones (excluding diaryl/α,β-unsaturated/α-hetero) is 1. The van der Waals surface area contributed by atoms with Gasteiger partial charge in [-0.2, -0.15) is 0 Å². The van der Waals surface area contributed by atoms with Crippen LogP contribution in [0.25, 0.3) is 0 Å². The van der Waals surface area contributed by atoms with E-state index in [4.69, 9.17) is 4.74 Å². The Morgan fingerprint density at radius 3 is 2.51 bits per heavy atom. The van der Waals surface area contributed by atoms with Crippen LogP contribution in [0.2, 0.25) is 0 Å². The summed E-state index contributed by atoms with van der Waals surface area (Å²) in [7, 11) is -0.507. The molecule has 5 rings (SSSR count). The van der Waals surface area contributed by atoms with E-state index in [0.717, 1.165) is 56.3 Å². The molecule has 1 heterocycles. The molecule has 2 aliphatic carbocycles. The van der Waals surface area contributed by atoms with Crippen molar-refractivity contribution in [3.63, 3.8) is 0 Å². The molecule has 2 fully saturated rings. The fourth-order valence-electron chi connectivity index (χ4n) is 5.58. The number of hydrogen-bond donors (Lipinski definition) is 2. The van der Waals surface area contributed by atoms with Crippen molar-refractivity contribution >= 4 is 27.4 Å². The number of nitrogens with zero attached hydrogens (tertiary/aromatic N) is 1. The Morgan fingerprint density at radius 2 is 1.86 bits per heavy atom. The van der Waals surface area contributed by atoms with Crippen molar-refractivity contribution in [1.82, 2.24) is 10.2 Å². The molecule has 2 aromatic carbocycles. The lowest BCUT2D eigenvalue weighted by Gasteiger charge is -2.38. The number of amides is 1. The van der Waals surface area contributed by atoms with Crippen LogP contribution in [0.15, 0.2) is 41.3 Å². The highest BCUT2D eigenvalue weighted by atomic mass is 32.2. The molecule has 186 valence electrons. The summed E-state index contributed by atoms with van der Waals surface area (Å²) in [5.74, 6) is 0.0992. The van der Waals surface area contributed by atoms with E-state index >= 15 is 0 Å². The van der Waals surface area contributed by atoms with Crippen LogP contribution in [0, 0.1) is 0 Å². The second kappa shape index (κ2) is 8.95. The molecule has 0 radical (unpaired) electrons. The molecule has 0 bridgehead atoms. The zero-order chi connectivity index (χ0) is 24.8. The maximum absolute atomic E-state index is 13.4. The number of benzene rings is 2. The number of sulfonamides is 1. The molecule has 3 aliphatic rings. The summed E-state index contributed by atoms with van der Waals surface area (Å²) in [4.78, 5) is 28.7. The number of nitrogens with one attached hydrogen (secondary N) is 2. The highest BCUT2D eigenvalue weighted by Gasteiger charge is 2.51. The minimum atomic E-state index is -3.99. The Morgan fingerprint density at radius 1 is 1.14 bits per heavy atom. The number of likely N-dealkylation sites (tertiary alicyclic amines) is 1. The van der Waals surface area contributed by atoms with Crippen LogP contribution in [0.1, 0.15) is 53.6 Å². The molecule has 8 nitrogen and oxygen atoms in total. The summed E-state index contributed by atoms with van der Waals surface area (Å²) in [6, 6.07) is 9.75. The van der Waals surface area contributed by atoms with Crippen molar-refractivity contribution in [3.8, 4) is 5.75 Å². The number of carbonyl (C=O) groups is 2. The molecule has 1 saturated heterocycles. The van der Waals surface area contributed by atoms with Gasteiger partial charge in [0, 0.05) is 23.7 Å². The fourth-order valence-corrected chi connectivity index (χ4v) is 6.79. The number of para-hydroxylation sites is 1. The van der Waals surface area contributed by atoms with Gasteiger partial charge in [0.2, 0.25) is 0 Å². The number of rotatable bonds is 6. The SMILES string of the molecule is COc1ccccc1S(=O)(=O)Nc1cc(C(=O)NC2CCN(C)CC2)c2c(c1)C1(CCC1)C(=O)C2. The molecule has 1 amide bonds. The van der Waals surface area contributed by atoms with Crippen LogP contribution in [0.3, 0.4) is 0 Å². The third-order valence-corrected chi connectivity index (χ3v) is 9.17. The highest BCUT2D eigenvalue weighted by molar-refractivity contribution is 7.92. The molecule has 35 heavy (non-hydrogen) atoms. The van der Waals surface area contributed by atoms with Gasteiger partial charge in [0.05, 0.1) is 12.5 Å². The maximum atomic E-state index is 13.4. The number of fused-ring (bicyclic) bond motifs is 2. The van der Waals surface area contributed by atoms with Crippen molar-refractivity contribution in [2.75, 3.05) is 32.0 Å². The minimum absolute atomic E-state index is 0.00904. The summed E-state index contributed by atoms with van der Waals surface area (Å²) >= 11 is 0. The van der Waals surface area contributed by atoms with Gasteiger partial charge in [-0.25, -0.2) is 8.42 Å². The van der Waals surface area contributed by atoms with E-state index in [2.05, 4.69) is 22.0 Å². The first-order valence-corrected chi connectivity index (χ1v) is 13.6. The Balaban J connectivity index is 1.52. The molecule has 0 aromatic heterocycles. The summed E-state index contributed by atoms with van der Waals surface area (Å²) in [6.07, 6.45) is 4.33. The Hall–Kier alpha value is -2.91. The molecule has 1 aliphatic heterocycles. The monoisotopic (exact) mass is 497 g/mol. The minimum Gasteiger partial charge on any atom is -0.495 e. The van der Waals surface area contributed by atoms with Gasteiger partial charge >= 0.3 is 0 Å². The van der Waals surface area contributed by atoms with Gasteiger partial charge in [-0.05, 0) is 81.2 Å². The first kappa shape index (κ1) is 23.8. The third kappa shape index (κ3) is 4.21. The van der Waals surface area contributed by atoms with Crippen LogP contribution in [-0.2, 0) is 26.7 Å². The van der Waals surface area contributed by atoms with Crippen molar-refractivity contribution < 1.29 is 22.7 Å². The Kier molecular flexibility index (Phi) is 6.09. The molecular formula is C26H31N3O5S. The summed E-state index contributed by atoms with van der Waals surface area (Å²) in [6.45, 7) is 1.81. The standard InChI is InChI=1S/C26H31N3O5S/c1-29-12-8-17(9-13-29)27-25(31)20-14-18(15-21-19(20)16-24(30)26(21)10-5-11-26)28-35(32,33)23-7-4-3-6-22(23)34-2/h3-4,6-7,14-15,17,28H,5,8-13,16H2,1-2H3,(H,27,31). The summed E-state index contributed by atoms with van der Waals surface area (Å²) < 4.78 is 34.4. The van der Waals surface area contributed by atoms with Crippen LogP contribution in [0.4, 0.5) is 5.69 Å². The van der Waals surface area contributed by atoms with Gasteiger partial charge in [0.15, 0.2) is 0 Å². The zero-order valence-corrected chi connectivity index (χ0v) is 20.9. The lowest BCUT2D eigenvalue weighted by Crippen LogP contribution is -2.43. The van der Waals surface area contributed by atoms with Gasteiger partial charge in [0.25, 0.3) is 15.9 Å². The molecule has 9 heteroatoms. The smallest absolute Gasteiger partial charge is 0.265 e. The van der Waals surface area contributed by atoms with Gasteiger partial charge in [-0.3, -0.25) is 14.3 Å². The lowest BCUT2D eigenvalue weighted by atomic mass is 9.64. The van der Waals surface area contributed by atoms with Crippen molar-refractivity contribution in [2.45, 2.75) is 54.9 Å². The molecular weight excluding hydrogens is 466 g/mol. The van der Waals surface area contributed by atoms with Crippen LogP contribution >= 0.6 is 0 Å². The second-order valence-corrected chi connectivity index (χ2v) is 11.5. The fraction of sp³-hybridized carbons (Fsp3) is 0.462. The van der Waals surface area contributed by atoms with Gasteiger partial charge in [-0.1, -0.05) is 18.6 Å². The van der Waals surface area contributed by atoms with Gasteiger partial charge in [-0.15, -0.1) is 0 Å². The van der Waals surface area contributed by atoms with E-state index in [1.54, 1.807) is 30.3 Å². The predicted octanol–water partition coefficient (Wildman–Crippen LogP) is 2.87.